The van der Waals surface area contributed by atoms with E-state index >= 15 is 0 Å². The van der Waals surface area contributed by atoms with Crippen molar-refractivity contribution in [2.45, 2.75) is 5.41 Å². The van der Waals surface area contributed by atoms with Crippen LogP contribution in [0.2, 0.25) is 0 Å². The van der Waals surface area contributed by atoms with E-state index in [1.165, 1.54) is 77.1 Å². The van der Waals surface area contributed by atoms with E-state index in [1.807, 2.05) is 0 Å². The van der Waals surface area contributed by atoms with Crippen LogP contribution in [0.4, 0.5) is 0 Å². The lowest BCUT2D eigenvalue weighted by atomic mass is 9.69. The molecule has 4 aromatic heterocycles. The summed E-state index contributed by atoms with van der Waals surface area (Å²) in [5.41, 5.74) is 20.0. The highest BCUT2D eigenvalue weighted by Crippen LogP contribution is 2.66. The van der Waals surface area contributed by atoms with E-state index in [9.17, 15) is 0 Å². The molecule has 0 saturated heterocycles. The molecule has 14 aromatic rings. The lowest BCUT2D eigenvalue weighted by Crippen LogP contribution is -2.27. The van der Waals surface area contributed by atoms with Crippen LogP contribution in [0.15, 0.2) is 215 Å². The zero-order chi connectivity index (χ0) is 42.1. The van der Waals surface area contributed by atoms with Gasteiger partial charge in [0.25, 0.3) is 0 Å². The van der Waals surface area contributed by atoms with Gasteiger partial charge in [0.05, 0.1) is 27.5 Å². The quantitative estimate of drug-likeness (QED) is 0.174. The standard InChI is InChI=1S/C61H34N2O2/c1-3-15-35(16-4-1)62-51-33-55-47(39-21-9-13-25-53(39)64-55)31-45(51)43-29-27-41-37-19-7-11-23-49(37)61(57(41)59(43)62)50-24-12-8-20-38(50)42-28-30-44-46-32-48-40-22-10-14-26-54(40)65-56(48)34-52(46)63(60(44)58(42)61)36-17-5-2-6-18-36/h1-34H. The van der Waals surface area contributed by atoms with E-state index < -0.39 is 5.41 Å². The molecule has 10 aromatic carbocycles. The Balaban J connectivity index is 1.14. The molecular weight excluding hydrogens is 793 g/mol. The first-order valence-electron chi connectivity index (χ1n) is 22.4. The first kappa shape index (κ1) is 34.0. The SMILES string of the molecule is c1ccc(-n2c3cc4oc5ccccc5c4cc3c3ccc4c(c32)C2(c3ccccc3-4)c3ccccc3-c3ccc4c5cc6c(cc5n(-c5ccccc5)c4c32)oc2ccccc26)cc1. The number of nitrogens with zero attached hydrogens (tertiary/aromatic N) is 2. The number of rotatable bonds is 2. The molecule has 0 atom stereocenters. The van der Waals surface area contributed by atoms with Crippen molar-refractivity contribution in [2.75, 3.05) is 0 Å². The third-order valence-electron chi connectivity index (χ3n) is 14.9. The first-order chi connectivity index (χ1) is 32.3. The minimum absolute atomic E-state index is 0.698. The van der Waals surface area contributed by atoms with Crippen LogP contribution in [-0.2, 0) is 5.41 Å². The van der Waals surface area contributed by atoms with Crippen LogP contribution in [0, 0.1) is 0 Å². The maximum atomic E-state index is 6.63. The van der Waals surface area contributed by atoms with Crippen molar-refractivity contribution in [1.82, 2.24) is 9.13 Å². The van der Waals surface area contributed by atoms with Crippen LogP contribution < -0.4 is 0 Å². The molecule has 2 aliphatic carbocycles. The van der Waals surface area contributed by atoms with Gasteiger partial charge in [0.1, 0.15) is 22.3 Å². The summed E-state index contributed by atoms with van der Waals surface area (Å²) < 4.78 is 18.3. The van der Waals surface area contributed by atoms with Gasteiger partial charge in [-0.2, -0.15) is 0 Å². The van der Waals surface area contributed by atoms with Gasteiger partial charge in [-0.25, -0.2) is 0 Å². The highest BCUT2D eigenvalue weighted by atomic mass is 16.3. The topological polar surface area (TPSA) is 36.1 Å². The molecule has 0 unspecified atom stereocenters. The largest absolute Gasteiger partial charge is 0.456 e. The second kappa shape index (κ2) is 11.9. The van der Waals surface area contributed by atoms with Crippen molar-refractivity contribution < 1.29 is 8.83 Å². The number of aromatic nitrogens is 2. The number of para-hydroxylation sites is 4. The maximum Gasteiger partial charge on any atom is 0.137 e. The molecule has 2 aliphatic rings. The molecule has 0 radical (unpaired) electrons. The highest BCUT2D eigenvalue weighted by Gasteiger charge is 2.54. The summed E-state index contributed by atoms with van der Waals surface area (Å²) in [7, 11) is 0. The second-order valence-electron chi connectivity index (χ2n) is 17.9. The van der Waals surface area contributed by atoms with Crippen molar-refractivity contribution in [2.24, 2.45) is 0 Å². The Kier molecular flexibility index (Phi) is 6.21. The molecule has 0 saturated carbocycles. The first-order valence-corrected chi connectivity index (χ1v) is 22.4. The summed E-state index contributed by atoms with van der Waals surface area (Å²) in [6.45, 7) is 0. The molecule has 300 valence electrons. The van der Waals surface area contributed by atoms with E-state index in [-0.39, 0.29) is 0 Å². The number of hydrogen-bond acceptors (Lipinski definition) is 2. The van der Waals surface area contributed by atoms with Gasteiger partial charge in [0, 0.05) is 77.7 Å². The molecule has 65 heavy (non-hydrogen) atoms. The highest BCUT2D eigenvalue weighted by molar-refractivity contribution is 6.23. The Morgan fingerprint density at radius 1 is 0.292 bits per heavy atom. The minimum Gasteiger partial charge on any atom is -0.456 e. The third-order valence-corrected chi connectivity index (χ3v) is 14.9. The van der Waals surface area contributed by atoms with E-state index in [2.05, 4.69) is 215 Å². The van der Waals surface area contributed by atoms with Crippen LogP contribution in [-0.4, -0.2) is 9.13 Å². The normalized spacial score (nSPS) is 13.7. The minimum atomic E-state index is -0.698. The van der Waals surface area contributed by atoms with Gasteiger partial charge in [-0.05, 0) is 81.9 Å². The van der Waals surface area contributed by atoms with Gasteiger partial charge >= 0.3 is 0 Å². The Hall–Kier alpha value is -8.60. The van der Waals surface area contributed by atoms with Crippen molar-refractivity contribution in [3.8, 4) is 33.6 Å². The number of furan rings is 2. The molecular formula is C61H34N2O2. The summed E-state index contributed by atoms with van der Waals surface area (Å²) >= 11 is 0. The fraction of sp³-hybridized carbons (Fsp3) is 0.0164. The summed E-state index contributed by atoms with van der Waals surface area (Å²) in [5.74, 6) is 0. The monoisotopic (exact) mass is 826 g/mol. The second-order valence-corrected chi connectivity index (χ2v) is 17.9. The zero-order valence-corrected chi connectivity index (χ0v) is 34.8. The van der Waals surface area contributed by atoms with Crippen LogP contribution in [0.5, 0.6) is 0 Å². The molecule has 0 amide bonds. The predicted octanol–water partition coefficient (Wildman–Crippen LogP) is 16.0. The van der Waals surface area contributed by atoms with Crippen LogP contribution >= 0.6 is 0 Å². The number of hydrogen-bond donors (Lipinski definition) is 0. The van der Waals surface area contributed by atoms with Crippen molar-refractivity contribution >= 4 is 87.5 Å². The Labute approximate surface area is 371 Å². The number of fused-ring (bicyclic) bond motifs is 24. The molecule has 1 spiro atoms. The molecule has 0 bridgehead atoms. The molecule has 4 nitrogen and oxygen atoms in total. The van der Waals surface area contributed by atoms with Crippen LogP contribution in [0.1, 0.15) is 22.3 Å². The third kappa shape index (κ3) is 4.05. The predicted molar refractivity (Wildman–Crippen MR) is 266 cm³/mol. The van der Waals surface area contributed by atoms with Gasteiger partial charge in [0.15, 0.2) is 0 Å². The van der Waals surface area contributed by atoms with E-state index in [0.717, 1.165) is 66.3 Å². The fourth-order valence-corrected chi connectivity index (χ4v) is 12.4. The Bertz CT molecular complexity index is 4120. The average molecular weight is 827 g/mol. The van der Waals surface area contributed by atoms with Gasteiger partial charge in [0.2, 0.25) is 0 Å². The summed E-state index contributed by atoms with van der Waals surface area (Å²) in [6, 6.07) is 75.9. The maximum absolute atomic E-state index is 6.63. The van der Waals surface area contributed by atoms with Crippen LogP contribution in [0.3, 0.4) is 0 Å². The summed E-state index contributed by atoms with van der Waals surface area (Å²) in [4.78, 5) is 0. The van der Waals surface area contributed by atoms with Gasteiger partial charge < -0.3 is 18.0 Å². The molecule has 4 heteroatoms. The van der Waals surface area contributed by atoms with Crippen LogP contribution in [0.25, 0.3) is 121 Å². The Morgan fingerprint density at radius 3 is 1.18 bits per heavy atom. The molecule has 0 aliphatic heterocycles. The summed E-state index contributed by atoms with van der Waals surface area (Å²) in [6.07, 6.45) is 0. The fourth-order valence-electron chi connectivity index (χ4n) is 12.4. The van der Waals surface area contributed by atoms with E-state index in [4.69, 9.17) is 8.83 Å². The van der Waals surface area contributed by atoms with Crippen molar-refractivity contribution in [3.63, 3.8) is 0 Å². The molecule has 4 heterocycles. The van der Waals surface area contributed by atoms with Crippen molar-refractivity contribution in [1.29, 1.82) is 0 Å². The summed E-state index contributed by atoms with van der Waals surface area (Å²) in [5, 5.41) is 9.36. The Morgan fingerprint density at radius 2 is 0.708 bits per heavy atom. The smallest absolute Gasteiger partial charge is 0.137 e. The lowest BCUT2D eigenvalue weighted by molar-refractivity contribution is 0.669. The lowest BCUT2D eigenvalue weighted by Gasteiger charge is -2.32. The van der Waals surface area contributed by atoms with Gasteiger partial charge in [-0.1, -0.05) is 146 Å². The van der Waals surface area contributed by atoms with Crippen molar-refractivity contribution in [3.05, 3.63) is 229 Å². The zero-order valence-electron chi connectivity index (χ0n) is 34.8. The average Bonchev–Trinajstić information content (AvgIpc) is 4.19. The van der Waals surface area contributed by atoms with E-state index in [1.54, 1.807) is 0 Å². The molecule has 0 N–H and O–H groups in total. The van der Waals surface area contributed by atoms with E-state index in [0.29, 0.717) is 0 Å². The molecule has 16 rings (SSSR count). The van der Waals surface area contributed by atoms with Gasteiger partial charge in [-0.3, -0.25) is 0 Å². The molecule has 0 fully saturated rings. The van der Waals surface area contributed by atoms with Gasteiger partial charge in [-0.15, -0.1) is 0 Å². The number of benzene rings is 10.